The number of thiazole rings is 1. The molecule has 0 radical (unpaired) electrons. The Morgan fingerprint density at radius 1 is 1.23 bits per heavy atom. The van der Waals surface area contributed by atoms with E-state index >= 15 is 0 Å². The summed E-state index contributed by atoms with van der Waals surface area (Å²) in [5.74, 6) is -0.260. The van der Waals surface area contributed by atoms with Crippen LogP contribution in [0, 0.1) is 0 Å². The Hall–Kier alpha value is -2.62. The number of benzene rings is 2. The molecule has 154 valence electrons. The van der Waals surface area contributed by atoms with E-state index in [9.17, 15) is 9.59 Å². The molecule has 3 aromatic rings. The third-order valence-electron chi connectivity index (χ3n) is 5.09. The monoisotopic (exact) mass is 440 g/mol. The molecular weight excluding hydrogens is 420 g/mol. The maximum absolute atomic E-state index is 12.8. The number of thioether (sulfide) groups is 1. The molecule has 1 fully saturated rings. The predicted octanol–water partition coefficient (Wildman–Crippen LogP) is 3.82. The first-order valence-corrected chi connectivity index (χ1v) is 11.4. The minimum absolute atomic E-state index is 0.0447. The van der Waals surface area contributed by atoms with Crippen molar-refractivity contribution >= 4 is 61.6 Å². The fraction of sp³-hybridized carbons (Fsp3) is 0.286. The highest BCUT2D eigenvalue weighted by molar-refractivity contribution is 8.00. The minimum Gasteiger partial charge on any atom is -0.378 e. The molecule has 2 aliphatic rings. The van der Waals surface area contributed by atoms with E-state index in [2.05, 4.69) is 15.5 Å². The second-order valence-corrected chi connectivity index (χ2v) is 9.58. The Morgan fingerprint density at radius 3 is 2.90 bits per heavy atom. The number of rotatable bonds is 3. The van der Waals surface area contributed by atoms with Gasteiger partial charge in [-0.3, -0.25) is 9.59 Å². The van der Waals surface area contributed by atoms with E-state index in [1.807, 2.05) is 31.2 Å². The van der Waals surface area contributed by atoms with Crippen molar-refractivity contribution in [2.24, 2.45) is 0 Å². The van der Waals surface area contributed by atoms with Crippen molar-refractivity contribution in [3.05, 3.63) is 42.0 Å². The number of hydrogen-bond donors (Lipinski definition) is 2. The summed E-state index contributed by atoms with van der Waals surface area (Å²) < 4.78 is 6.43. The van der Waals surface area contributed by atoms with E-state index in [-0.39, 0.29) is 17.1 Å². The lowest BCUT2D eigenvalue weighted by atomic mass is 10.1. The van der Waals surface area contributed by atoms with Crippen molar-refractivity contribution < 1.29 is 14.3 Å². The predicted molar refractivity (Wildman–Crippen MR) is 121 cm³/mol. The molecule has 0 unspecified atom stereocenters. The minimum atomic E-state index is -0.215. The Morgan fingerprint density at radius 2 is 2.07 bits per heavy atom. The number of nitrogens with one attached hydrogen (secondary N) is 2. The van der Waals surface area contributed by atoms with Crippen molar-refractivity contribution in [1.82, 2.24) is 4.98 Å². The molecule has 0 spiro atoms. The van der Waals surface area contributed by atoms with Gasteiger partial charge in [0.25, 0.3) is 5.91 Å². The zero-order chi connectivity index (χ0) is 20.7. The van der Waals surface area contributed by atoms with Crippen molar-refractivity contribution in [3.63, 3.8) is 0 Å². The highest BCUT2D eigenvalue weighted by Crippen LogP contribution is 2.36. The summed E-state index contributed by atoms with van der Waals surface area (Å²) in [6, 6.07) is 11.1. The van der Waals surface area contributed by atoms with Crippen LogP contribution in [0.4, 0.5) is 16.5 Å². The number of morpholine rings is 1. The quantitative estimate of drug-likeness (QED) is 0.644. The zero-order valence-corrected chi connectivity index (χ0v) is 17.9. The molecule has 2 aromatic carbocycles. The van der Waals surface area contributed by atoms with E-state index in [0.29, 0.717) is 11.3 Å². The largest absolute Gasteiger partial charge is 0.378 e. The Balaban J connectivity index is 1.34. The number of amides is 2. The van der Waals surface area contributed by atoms with E-state index in [1.165, 1.54) is 11.8 Å². The van der Waals surface area contributed by atoms with E-state index < -0.39 is 0 Å². The Bertz CT molecular complexity index is 1140. The van der Waals surface area contributed by atoms with Crippen LogP contribution < -0.4 is 15.5 Å². The molecule has 2 aliphatic heterocycles. The molecule has 2 amide bonds. The van der Waals surface area contributed by atoms with Crippen LogP contribution in [0.3, 0.4) is 0 Å². The topological polar surface area (TPSA) is 83.6 Å². The number of fused-ring (bicyclic) bond motifs is 2. The Kier molecular flexibility index (Phi) is 5.10. The van der Waals surface area contributed by atoms with E-state index in [4.69, 9.17) is 9.72 Å². The van der Waals surface area contributed by atoms with Crippen molar-refractivity contribution in [3.8, 4) is 0 Å². The zero-order valence-electron chi connectivity index (χ0n) is 16.3. The van der Waals surface area contributed by atoms with Crippen molar-refractivity contribution in [2.45, 2.75) is 17.1 Å². The molecule has 0 bridgehead atoms. The molecule has 3 heterocycles. The van der Waals surface area contributed by atoms with Gasteiger partial charge in [0.2, 0.25) is 5.91 Å². The van der Waals surface area contributed by atoms with Gasteiger partial charge in [-0.2, -0.15) is 0 Å². The summed E-state index contributed by atoms with van der Waals surface area (Å²) in [4.78, 5) is 32.6. The van der Waals surface area contributed by atoms with Gasteiger partial charge in [0.15, 0.2) is 5.13 Å². The van der Waals surface area contributed by atoms with Crippen LogP contribution in [0.1, 0.15) is 17.3 Å². The molecule has 1 aromatic heterocycles. The van der Waals surface area contributed by atoms with Gasteiger partial charge in [-0.05, 0) is 43.3 Å². The van der Waals surface area contributed by atoms with Crippen LogP contribution in [0.15, 0.2) is 41.3 Å². The van der Waals surface area contributed by atoms with Gasteiger partial charge >= 0.3 is 0 Å². The molecule has 0 saturated carbocycles. The first-order valence-electron chi connectivity index (χ1n) is 9.73. The molecule has 30 heavy (non-hydrogen) atoms. The van der Waals surface area contributed by atoms with E-state index in [1.54, 1.807) is 23.5 Å². The second-order valence-electron chi connectivity index (χ2n) is 7.19. The SMILES string of the molecule is C[C@H]1Sc2ccc(C(=O)Nc3ccc4nc(N5CCOCC5)sc4c3)cc2NC1=O. The molecule has 5 rings (SSSR count). The average molecular weight is 441 g/mol. The van der Waals surface area contributed by atoms with Crippen LogP contribution in [-0.4, -0.2) is 48.4 Å². The highest BCUT2D eigenvalue weighted by atomic mass is 32.2. The summed E-state index contributed by atoms with van der Waals surface area (Å²) in [6.07, 6.45) is 0. The van der Waals surface area contributed by atoms with Gasteiger partial charge in [0, 0.05) is 29.2 Å². The second kappa shape index (κ2) is 7.90. The Labute approximate surface area is 181 Å². The summed E-state index contributed by atoms with van der Waals surface area (Å²) in [5, 5.41) is 6.67. The molecular formula is C21H20N4O3S2. The lowest BCUT2D eigenvalue weighted by Crippen LogP contribution is -2.36. The first-order chi connectivity index (χ1) is 14.6. The van der Waals surface area contributed by atoms with Crippen LogP contribution in [0.2, 0.25) is 0 Å². The first kappa shape index (κ1) is 19.3. The van der Waals surface area contributed by atoms with E-state index in [0.717, 1.165) is 52.2 Å². The normalized spacial score (nSPS) is 18.8. The number of hydrogen-bond acceptors (Lipinski definition) is 7. The lowest BCUT2D eigenvalue weighted by Gasteiger charge is -2.25. The van der Waals surface area contributed by atoms with Gasteiger partial charge in [-0.1, -0.05) is 11.3 Å². The van der Waals surface area contributed by atoms with Crippen molar-refractivity contribution in [2.75, 3.05) is 41.8 Å². The number of ether oxygens (including phenoxy) is 1. The summed E-state index contributed by atoms with van der Waals surface area (Å²) in [6.45, 7) is 4.99. The highest BCUT2D eigenvalue weighted by Gasteiger charge is 2.24. The number of aromatic nitrogens is 1. The fourth-order valence-corrected chi connectivity index (χ4v) is 5.42. The number of carbonyl (C=O) groups excluding carboxylic acids is 2. The van der Waals surface area contributed by atoms with Gasteiger partial charge in [-0.15, -0.1) is 11.8 Å². The number of carbonyl (C=O) groups is 2. The van der Waals surface area contributed by atoms with Crippen LogP contribution in [0.25, 0.3) is 10.2 Å². The summed E-state index contributed by atoms with van der Waals surface area (Å²) >= 11 is 3.12. The molecule has 9 heteroatoms. The van der Waals surface area contributed by atoms with Crippen LogP contribution >= 0.6 is 23.1 Å². The van der Waals surface area contributed by atoms with Gasteiger partial charge in [-0.25, -0.2) is 4.98 Å². The molecule has 0 aliphatic carbocycles. The molecule has 1 atom stereocenters. The standard InChI is InChI=1S/C21H20N4O3S2/c1-12-19(26)23-16-10-13(2-5-17(16)29-12)20(27)22-14-3-4-15-18(11-14)30-21(24-15)25-6-8-28-9-7-25/h2-5,10-12H,6-9H2,1H3,(H,22,27)(H,23,26)/t12-/m1/s1. The molecule has 2 N–H and O–H groups in total. The average Bonchev–Trinajstić information content (AvgIpc) is 3.18. The lowest BCUT2D eigenvalue weighted by molar-refractivity contribution is -0.115. The van der Waals surface area contributed by atoms with Crippen LogP contribution in [-0.2, 0) is 9.53 Å². The van der Waals surface area contributed by atoms with Crippen molar-refractivity contribution in [1.29, 1.82) is 0 Å². The third-order valence-corrected chi connectivity index (χ3v) is 7.35. The number of anilines is 3. The fourth-order valence-electron chi connectivity index (χ4n) is 3.43. The number of nitrogens with zero attached hydrogens (tertiary/aromatic N) is 2. The van der Waals surface area contributed by atoms with Gasteiger partial charge in [0.1, 0.15) is 0 Å². The molecule has 1 saturated heterocycles. The van der Waals surface area contributed by atoms with Gasteiger partial charge in [0.05, 0.1) is 34.4 Å². The maximum atomic E-state index is 12.8. The maximum Gasteiger partial charge on any atom is 0.255 e. The van der Waals surface area contributed by atoms with Gasteiger partial charge < -0.3 is 20.3 Å². The summed E-state index contributed by atoms with van der Waals surface area (Å²) in [7, 11) is 0. The molecule has 7 nitrogen and oxygen atoms in total. The summed E-state index contributed by atoms with van der Waals surface area (Å²) in [5.41, 5.74) is 2.82. The third kappa shape index (κ3) is 3.76. The van der Waals surface area contributed by atoms with Crippen LogP contribution in [0.5, 0.6) is 0 Å². The smallest absolute Gasteiger partial charge is 0.255 e.